The Morgan fingerprint density at radius 2 is 1.76 bits per heavy atom. The Balaban J connectivity index is 1.48. The Morgan fingerprint density at radius 3 is 2.52 bits per heavy atom. The highest BCUT2D eigenvalue weighted by Crippen LogP contribution is 2.28. The number of rotatable bonds is 10. The minimum Gasteiger partial charge on any atom is -0.490 e. The fraction of sp³-hybridized carbons (Fsp3) is 0.462. The second-order valence-corrected chi connectivity index (χ2v) is 8.26. The molecule has 0 unspecified atom stereocenters. The van der Waals surface area contributed by atoms with Crippen LogP contribution in [0.15, 0.2) is 41.5 Å². The van der Waals surface area contributed by atoms with Crippen molar-refractivity contribution in [1.82, 2.24) is 10.7 Å². The molecule has 178 valence electrons. The Labute approximate surface area is 196 Å². The number of nitrogens with zero attached hydrogens (tertiary/aromatic N) is 1. The van der Waals surface area contributed by atoms with Crippen molar-refractivity contribution in [2.75, 3.05) is 19.8 Å². The molecule has 0 radical (unpaired) electrons. The molecule has 1 saturated carbocycles. The summed E-state index contributed by atoms with van der Waals surface area (Å²) < 4.78 is 17.4. The second-order valence-electron chi connectivity index (χ2n) is 8.26. The Hall–Kier alpha value is -3.22. The van der Waals surface area contributed by atoms with E-state index >= 15 is 0 Å². The highest BCUT2D eigenvalue weighted by Gasteiger charge is 2.15. The van der Waals surface area contributed by atoms with Crippen molar-refractivity contribution in [3.63, 3.8) is 0 Å². The topological polar surface area (TPSA) is 81.2 Å². The third-order valence-electron chi connectivity index (χ3n) is 5.68. The van der Waals surface area contributed by atoms with Gasteiger partial charge in [-0.2, -0.15) is 5.10 Å². The maximum atomic E-state index is 12.0. The summed E-state index contributed by atoms with van der Waals surface area (Å²) >= 11 is 0. The number of benzene rings is 2. The van der Waals surface area contributed by atoms with E-state index in [1.807, 2.05) is 43.3 Å². The van der Waals surface area contributed by atoms with E-state index in [2.05, 4.69) is 29.7 Å². The summed E-state index contributed by atoms with van der Waals surface area (Å²) in [6.45, 7) is 7.40. The zero-order valence-electron chi connectivity index (χ0n) is 19.9. The molecule has 1 aliphatic rings. The molecule has 0 bridgehead atoms. The molecule has 7 nitrogen and oxygen atoms in total. The molecule has 0 heterocycles. The summed E-state index contributed by atoms with van der Waals surface area (Å²) in [6.07, 6.45) is 7.24. The van der Waals surface area contributed by atoms with Crippen molar-refractivity contribution in [1.29, 1.82) is 0 Å². The van der Waals surface area contributed by atoms with Gasteiger partial charge in [0.15, 0.2) is 11.5 Å². The van der Waals surface area contributed by atoms with Crippen molar-refractivity contribution in [3.05, 3.63) is 53.1 Å². The zero-order valence-corrected chi connectivity index (χ0v) is 19.9. The van der Waals surface area contributed by atoms with E-state index in [1.54, 1.807) is 6.21 Å². The highest BCUT2D eigenvalue weighted by atomic mass is 16.5. The van der Waals surface area contributed by atoms with Crippen LogP contribution in [-0.2, 0) is 0 Å². The first-order valence-electron chi connectivity index (χ1n) is 11.7. The lowest BCUT2D eigenvalue weighted by Crippen LogP contribution is -2.41. The summed E-state index contributed by atoms with van der Waals surface area (Å²) in [5, 5.41) is 7.03. The summed E-state index contributed by atoms with van der Waals surface area (Å²) in [5.74, 6) is 2.10. The number of carbonyl (C=O) groups is 1. The number of urea groups is 1. The summed E-state index contributed by atoms with van der Waals surface area (Å²) in [6, 6.07) is 11.6. The average molecular weight is 454 g/mol. The first kappa shape index (κ1) is 24.4. The van der Waals surface area contributed by atoms with E-state index in [1.165, 1.54) is 30.4 Å². The van der Waals surface area contributed by atoms with Gasteiger partial charge < -0.3 is 19.5 Å². The second kappa shape index (κ2) is 12.7. The molecular weight excluding hydrogens is 418 g/mol. The third kappa shape index (κ3) is 8.00. The van der Waals surface area contributed by atoms with Crippen molar-refractivity contribution < 1.29 is 19.0 Å². The van der Waals surface area contributed by atoms with Crippen molar-refractivity contribution >= 4 is 12.2 Å². The van der Waals surface area contributed by atoms with Gasteiger partial charge >= 0.3 is 6.03 Å². The molecule has 7 heteroatoms. The number of amides is 2. The predicted molar refractivity (Wildman–Crippen MR) is 131 cm³/mol. The van der Waals surface area contributed by atoms with Crippen molar-refractivity contribution in [3.8, 4) is 17.2 Å². The van der Waals surface area contributed by atoms with E-state index in [0.717, 1.165) is 24.2 Å². The third-order valence-corrected chi connectivity index (χ3v) is 5.68. The molecule has 0 aromatic heterocycles. The molecule has 1 fully saturated rings. The molecule has 0 spiro atoms. The van der Waals surface area contributed by atoms with Gasteiger partial charge in [-0.15, -0.1) is 0 Å². The number of carbonyl (C=O) groups excluding carboxylic acids is 1. The fourth-order valence-electron chi connectivity index (χ4n) is 3.74. The number of nitrogens with one attached hydrogen (secondary N) is 2. The van der Waals surface area contributed by atoms with Crippen LogP contribution in [0, 0.1) is 13.8 Å². The molecule has 0 aliphatic heterocycles. The molecule has 0 atom stereocenters. The first-order chi connectivity index (χ1) is 16.0. The Bertz CT molecular complexity index is 939. The molecule has 33 heavy (non-hydrogen) atoms. The minimum absolute atomic E-state index is 0.244. The normalized spacial score (nSPS) is 14.2. The van der Waals surface area contributed by atoms with E-state index < -0.39 is 0 Å². The standard InChI is InChI=1S/C26H35N3O4/c1-4-31-25-17-21(18-27-29-26(30)28-22-8-6-5-7-9-22)11-13-24(25)33-15-14-32-23-12-10-19(2)20(3)16-23/h10-13,16-18,22H,4-9,14-15H2,1-3H3,(H2,28,29,30)/b27-18-. The van der Waals surface area contributed by atoms with Gasteiger partial charge in [-0.3, -0.25) is 0 Å². The van der Waals surface area contributed by atoms with E-state index in [0.29, 0.717) is 31.3 Å². The van der Waals surface area contributed by atoms with Crippen LogP contribution in [0.4, 0.5) is 4.79 Å². The largest absolute Gasteiger partial charge is 0.490 e. The number of hydrogen-bond acceptors (Lipinski definition) is 5. The average Bonchev–Trinajstić information content (AvgIpc) is 2.81. The summed E-state index contributed by atoms with van der Waals surface area (Å²) in [7, 11) is 0. The molecule has 2 N–H and O–H groups in total. The lowest BCUT2D eigenvalue weighted by Gasteiger charge is -2.22. The van der Waals surface area contributed by atoms with Gasteiger partial charge in [0.1, 0.15) is 19.0 Å². The van der Waals surface area contributed by atoms with Gasteiger partial charge in [-0.1, -0.05) is 25.3 Å². The number of ether oxygens (including phenoxy) is 3. The molecule has 0 saturated heterocycles. The van der Waals surface area contributed by atoms with Crippen LogP contribution in [0.2, 0.25) is 0 Å². The van der Waals surface area contributed by atoms with Crippen LogP contribution in [0.25, 0.3) is 0 Å². The van der Waals surface area contributed by atoms with Crippen LogP contribution < -0.4 is 25.0 Å². The maximum Gasteiger partial charge on any atom is 0.335 e. The summed E-state index contributed by atoms with van der Waals surface area (Å²) in [5.41, 5.74) is 5.78. The van der Waals surface area contributed by atoms with Crippen LogP contribution >= 0.6 is 0 Å². The van der Waals surface area contributed by atoms with E-state index in [9.17, 15) is 4.79 Å². The van der Waals surface area contributed by atoms with Crippen LogP contribution in [0.3, 0.4) is 0 Å². The van der Waals surface area contributed by atoms with E-state index in [-0.39, 0.29) is 12.1 Å². The minimum atomic E-state index is -0.271. The monoisotopic (exact) mass is 453 g/mol. The lowest BCUT2D eigenvalue weighted by atomic mass is 9.96. The molecule has 2 aromatic rings. The lowest BCUT2D eigenvalue weighted by molar-refractivity contribution is 0.208. The zero-order chi connectivity index (χ0) is 23.5. The van der Waals surface area contributed by atoms with Crippen molar-refractivity contribution in [2.45, 2.75) is 58.9 Å². The van der Waals surface area contributed by atoms with E-state index in [4.69, 9.17) is 14.2 Å². The predicted octanol–water partition coefficient (Wildman–Crippen LogP) is 5.13. The fourth-order valence-corrected chi connectivity index (χ4v) is 3.74. The van der Waals surface area contributed by atoms with Crippen LogP contribution in [0.5, 0.6) is 17.2 Å². The van der Waals surface area contributed by atoms with Gasteiger partial charge in [0.05, 0.1) is 12.8 Å². The number of aryl methyl sites for hydroxylation is 2. The van der Waals surface area contributed by atoms with Crippen LogP contribution in [-0.4, -0.2) is 38.1 Å². The highest BCUT2D eigenvalue weighted by molar-refractivity contribution is 5.82. The molecule has 2 amide bonds. The summed E-state index contributed by atoms with van der Waals surface area (Å²) in [4.78, 5) is 12.0. The van der Waals surface area contributed by atoms with Gasteiger partial charge in [-0.25, -0.2) is 10.2 Å². The van der Waals surface area contributed by atoms with Crippen LogP contribution in [0.1, 0.15) is 55.7 Å². The van der Waals surface area contributed by atoms with Crippen molar-refractivity contribution in [2.24, 2.45) is 5.10 Å². The molecular formula is C26H35N3O4. The van der Waals surface area contributed by atoms with Gasteiger partial charge in [0.25, 0.3) is 0 Å². The smallest absolute Gasteiger partial charge is 0.335 e. The van der Waals surface area contributed by atoms with Gasteiger partial charge in [0.2, 0.25) is 0 Å². The number of hydrazone groups is 1. The molecule has 3 rings (SSSR count). The molecule has 1 aliphatic carbocycles. The number of hydrogen-bond donors (Lipinski definition) is 2. The SMILES string of the molecule is CCOc1cc(/C=N\NC(=O)NC2CCCCC2)ccc1OCCOc1ccc(C)c(C)c1. The quantitative estimate of drug-likeness (QED) is 0.297. The van der Waals surface area contributed by atoms with Gasteiger partial charge in [-0.05, 0) is 80.6 Å². The maximum absolute atomic E-state index is 12.0. The van der Waals surface area contributed by atoms with Gasteiger partial charge in [0, 0.05) is 6.04 Å². The Morgan fingerprint density at radius 1 is 0.970 bits per heavy atom. The Kier molecular flexibility index (Phi) is 9.42. The first-order valence-corrected chi connectivity index (χ1v) is 11.7. The molecule has 2 aromatic carbocycles.